The first-order chi connectivity index (χ1) is 7.71. The summed E-state index contributed by atoms with van der Waals surface area (Å²) in [5, 5.41) is 0. The molecule has 0 bridgehead atoms. The highest BCUT2D eigenvalue weighted by Crippen LogP contribution is 2.25. The Hall–Kier alpha value is -1.80. The van der Waals surface area contributed by atoms with Crippen molar-refractivity contribution in [3.63, 3.8) is 0 Å². The number of methoxy groups -OCH3 is 2. The number of rotatable bonds is 5. The molecule has 86 valence electrons. The summed E-state index contributed by atoms with van der Waals surface area (Å²) in [6.07, 6.45) is 2.20. The summed E-state index contributed by atoms with van der Waals surface area (Å²) in [6, 6.07) is 5.48. The zero-order valence-electron chi connectivity index (χ0n) is 9.69. The summed E-state index contributed by atoms with van der Waals surface area (Å²) < 4.78 is 10.3. The van der Waals surface area contributed by atoms with Gasteiger partial charge in [0.1, 0.15) is 11.5 Å². The summed E-state index contributed by atoms with van der Waals surface area (Å²) in [4.78, 5) is 13.8. The third-order valence-electron chi connectivity index (χ3n) is 2.28. The van der Waals surface area contributed by atoms with E-state index in [-0.39, 0.29) is 6.04 Å². The van der Waals surface area contributed by atoms with Gasteiger partial charge in [-0.25, -0.2) is 9.79 Å². The molecule has 4 heteroatoms. The van der Waals surface area contributed by atoms with E-state index < -0.39 is 0 Å². The average molecular weight is 221 g/mol. The van der Waals surface area contributed by atoms with Crippen molar-refractivity contribution in [3.8, 4) is 11.5 Å². The molecule has 0 N–H and O–H groups in total. The van der Waals surface area contributed by atoms with E-state index in [1.54, 1.807) is 20.3 Å². The van der Waals surface area contributed by atoms with Gasteiger partial charge < -0.3 is 9.47 Å². The van der Waals surface area contributed by atoms with Crippen molar-refractivity contribution in [2.75, 3.05) is 14.2 Å². The van der Waals surface area contributed by atoms with Crippen LogP contribution in [0.15, 0.2) is 23.2 Å². The second-order valence-corrected chi connectivity index (χ2v) is 3.45. The van der Waals surface area contributed by atoms with Crippen molar-refractivity contribution in [1.29, 1.82) is 0 Å². The predicted molar refractivity (Wildman–Crippen MR) is 60.8 cm³/mol. The molecular weight excluding hydrogens is 206 g/mol. The van der Waals surface area contributed by atoms with Gasteiger partial charge in [0, 0.05) is 6.07 Å². The van der Waals surface area contributed by atoms with E-state index in [4.69, 9.17) is 9.47 Å². The normalized spacial score (nSPS) is 11.4. The van der Waals surface area contributed by atoms with Crippen LogP contribution in [0.3, 0.4) is 0 Å². The smallest absolute Gasteiger partial charge is 0.235 e. The maximum absolute atomic E-state index is 10.1. The zero-order valence-corrected chi connectivity index (χ0v) is 9.69. The van der Waals surface area contributed by atoms with E-state index in [1.807, 2.05) is 25.1 Å². The lowest BCUT2D eigenvalue weighted by Gasteiger charge is -2.11. The van der Waals surface area contributed by atoms with Crippen LogP contribution >= 0.6 is 0 Å². The molecule has 0 aliphatic heterocycles. The second-order valence-electron chi connectivity index (χ2n) is 3.45. The van der Waals surface area contributed by atoms with Crippen LogP contribution in [0.25, 0.3) is 0 Å². The monoisotopic (exact) mass is 221 g/mol. The lowest BCUT2D eigenvalue weighted by atomic mass is 10.1. The minimum atomic E-state index is -0.0974. The Labute approximate surface area is 94.9 Å². The number of benzene rings is 1. The molecule has 0 heterocycles. The van der Waals surface area contributed by atoms with Crippen LogP contribution in [0.1, 0.15) is 12.5 Å². The van der Waals surface area contributed by atoms with Gasteiger partial charge in [0.15, 0.2) is 0 Å². The maximum atomic E-state index is 10.1. The highest BCUT2D eigenvalue weighted by atomic mass is 16.5. The second kappa shape index (κ2) is 5.93. The predicted octanol–water partition coefficient (Wildman–Crippen LogP) is 1.97. The van der Waals surface area contributed by atoms with Crippen molar-refractivity contribution >= 4 is 6.08 Å². The van der Waals surface area contributed by atoms with Gasteiger partial charge in [0.05, 0.1) is 20.3 Å². The molecule has 1 aromatic carbocycles. The molecule has 0 saturated heterocycles. The van der Waals surface area contributed by atoms with Crippen LogP contribution in [0.2, 0.25) is 0 Å². The SMILES string of the molecule is COc1ccc(CC(C)N=C=O)c(OC)c1. The minimum absolute atomic E-state index is 0.0974. The van der Waals surface area contributed by atoms with Crippen molar-refractivity contribution < 1.29 is 14.3 Å². The number of carbonyl (C=O) groups excluding carboxylic acids is 1. The summed E-state index contributed by atoms with van der Waals surface area (Å²) in [7, 11) is 3.21. The Kier molecular flexibility index (Phi) is 4.55. The van der Waals surface area contributed by atoms with Crippen LogP contribution < -0.4 is 9.47 Å². The van der Waals surface area contributed by atoms with Gasteiger partial charge >= 0.3 is 0 Å². The summed E-state index contributed by atoms with van der Waals surface area (Å²) >= 11 is 0. The highest BCUT2D eigenvalue weighted by Gasteiger charge is 2.08. The molecule has 0 radical (unpaired) electrons. The van der Waals surface area contributed by atoms with Gasteiger partial charge in [-0.15, -0.1) is 0 Å². The molecule has 0 saturated carbocycles. The molecular formula is C12H15NO3. The Morgan fingerprint density at radius 1 is 1.38 bits per heavy atom. The number of hydrogen-bond donors (Lipinski definition) is 0. The molecule has 0 spiro atoms. The first-order valence-electron chi connectivity index (χ1n) is 4.99. The van der Waals surface area contributed by atoms with E-state index in [1.165, 1.54) is 0 Å². The number of hydrogen-bond acceptors (Lipinski definition) is 4. The molecule has 1 unspecified atom stereocenters. The van der Waals surface area contributed by atoms with E-state index in [0.717, 1.165) is 17.1 Å². The number of isocyanates is 1. The topological polar surface area (TPSA) is 47.9 Å². The van der Waals surface area contributed by atoms with Crippen molar-refractivity contribution in [3.05, 3.63) is 23.8 Å². The van der Waals surface area contributed by atoms with Crippen LogP contribution in [0.5, 0.6) is 11.5 Å². The third-order valence-corrected chi connectivity index (χ3v) is 2.28. The van der Waals surface area contributed by atoms with Gasteiger partial charge in [-0.1, -0.05) is 6.07 Å². The maximum Gasteiger partial charge on any atom is 0.235 e. The number of nitrogens with zero attached hydrogens (tertiary/aromatic N) is 1. The fraction of sp³-hybridized carbons (Fsp3) is 0.417. The first kappa shape index (κ1) is 12.3. The molecule has 1 rings (SSSR count). The summed E-state index contributed by atoms with van der Waals surface area (Å²) in [5.74, 6) is 1.49. The quantitative estimate of drug-likeness (QED) is 0.564. The highest BCUT2D eigenvalue weighted by molar-refractivity contribution is 5.41. The summed E-state index contributed by atoms with van der Waals surface area (Å²) in [5.41, 5.74) is 0.995. The van der Waals surface area contributed by atoms with E-state index >= 15 is 0 Å². The van der Waals surface area contributed by atoms with Crippen molar-refractivity contribution in [2.45, 2.75) is 19.4 Å². The average Bonchev–Trinajstić information content (AvgIpc) is 2.30. The van der Waals surface area contributed by atoms with E-state index in [2.05, 4.69) is 4.99 Å². The van der Waals surface area contributed by atoms with Gasteiger partial charge in [-0.2, -0.15) is 0 Å². The van der Waals surface area contributed by atoms with Gasteiger partial charge in [-0.3, -0.25) is 0 Å². The standard InChI is InChI=1S/C12H15NO3/c1-9(13-8-14)6-10-4-5-11(15-2)7-12(10)16-3/h4-5,7,9H,6H2,1-3H3. The van der Waals surface area contributed by atoms with Crippen LogP contribution in [0.4, 0.5) is 0 Å². The fourth-order valence-corrected chi connectivity index (χ4v) is 1.47. The Morgan fingerprint density at radius 2 is 2.12 bits per heavy atom. The van der Waals surface area contributed by atoms with E-state index in [9.17, 15) is 4.79 Å². The molecule has 1 aromatic rings. The third kappa shape index (κ3) is 3.11. The number of aliphatic imine (C=N–C) groups is 1. The molecule has 4 nitrogen and oxygen atoms in total. The first-order valence-corrected chi connectivity index (χ1v) is 4.99. The molecule has 0 aromatic heterocycles. The molecule has 16 heavy (non-hydrogen) atoms. The van der Waals surface area contributed by atoms with Gasteiger partial charge in [-0.05, 0) is 25.0 Å². The lowest BCUT2D eigenvalue weighted by molar-refractivity contribution is 0.390. The minimum Gasteiger partial charge on any atom is -0.497 e. The largest absolute Gasteiger partial charge is 0.497 e. The molecule has 0 aliphatic rings. The Balaban J connectivity index is 2.90. The van der Waals surface area contributed by atoms with Gasteiger partial charge in [0.2, 0.25) is 6.08 Å². The fourth-order valence-electron chi connectivity index (χ4n) is 1.47. The summed E-state index contributed by atoms with van der Waals surface area (Å²) in [6.45, 7) is 1.86. The molecule has 0 fully saturated rings. The van der Waals surface area contributed by atoms with Crippen LogP contribution in [0, 0.1) is 0 Å². The number of ether oxygens (including phenoxy) is 2. The Morgan fingerprint density at radius 3 is 2.69 bits per heavy atom. The van der Waals surface area contributed by atoms with Crippen molar-refractivity contribution in [1.82, 2.24) is 0 Å². The molecule has 1 atom stereocenters. The van der Waals surface area contributed by atoms with Gasteiger partial charge in [0.25, 0.3) is 0 Å². The zero-order chi connectivity index (χ0) is 12.0. The van der Waals surface area contributed by atoms with Crippen molar-refractivity contribution in [2.24, 2.45) is 4.99 Å². The molecule has 0 amide bonds. The van der Waals surface area contributed by atoms with Crippen LogP contribution in [-0.2, 0) is 11.2 Å². The van der Waals surface area contributed by atoms with Crippen LogP contribution in [-0.4, -0.2) is 26.3 Å². The lowest BCUT2D eigenvalue weighted by Crippen LogP contribution is -2.04. The van der Waals surface area contributed by atoms with E-state index in [0.29, 0.717) is 6.42 Å². The Bertz CT molecular complexity index is 397. The molecule has 0 aliphatic carbocycles.